The molecule has 0 heterocycles. The molecule has 2 rings (SSSR count). The van der Waals surface area contributed by atoms with Crippen molar-refractivity contribution in [3.8, 4) is 11.5 Å². The van der Waals surface area contributed by atoms with Gasteiger partial charge in [0, 0.05) is 6.26 Å². The summed E-state index contributed by atoms with van der Waals surface area (Å²) in [4.78, 5) is 4.81. The lowest BCUT2D eigenvalue weighted by atomic mass is 10.2. The second-order valence-electron chi connectivity index (χ2n) is 5.64. The molecular weight excluding hydrogens is 426 g/mol. The maximum absolute atomic E-state index is 13.9. The minimum absolute atomic E-state index is 0.0950. The van der Waals surface area contributed by atoms with E-state index < -0.39 is 38.2 Å². The fourth-order valence-electron chi connectivity index (χ4n) is 1.90. The second kappa shape index (κ2) is 8.78. The Morgan fingerprint density at radius 2 is 1.82 bits per heavy atom. The standard InChI is InChI=1S/C17H14ClF4NO4S/c1-28(24,25)7-6-26-23-10-11-2-4-13(5-3-11)27-16-14(18)8-12(9-15(16)19)17(20,21)22/h2-5,8-10H,6-7H2,1H3. The van der Waals surface area contributed by atoms with Crippen LogP contribution in [0.15, 0.2) is 41.6 Å². The molecule has 0 unspecified atom stereocenters. The predicted octanol–water partition coefficient (Wildman–Crippen LogP) is 4.69. The van der Waals surface area contributed by atoms with Crippen LogP contribution in [0, 0.1) is 5.82 Å². The third kappa shape index (κ3) is 6.68. The number of oxime groups is 1. The lowest BCUT2D eigenvalue weighted by Crippen LogP contribution is -2.08. The SMILES string of the molecule is CS(=O)(=O)CCON=Cc1ccc(Oc2c(F)cc(C(F)(F)F)cc2Cl)cc1. The second-order valence-corrected chi connectivity index (χ2v) is 8.30. The van der Waals surface area contributed by atoms with E-state index in [-0.39, 0.29) is 18.1 Å². The van der Waals surface area contributed by atoms with Crippen molar-refractivity contribution in [1.29, 1.82) is 0 Å². The van der Waals surface area contributed by atoms with Crippen molar-refractivity contribution in [2.45, 2.75) is 6.18 Å². The molecule has 0 saturated carbocycles. The van der Waals surface area contributed by atoms with Crippen LogP contribution in [0.2, 0.25) is 5.02 Å². The molecule has 152 valence electrons. The van der Waals surface area contributed by atoms with Gasteiger partial charge in [-0.3, -0.25) is 0 Å². The van der Waals surface area contributed by atoms with Crippen LogP contribution >= 0.6 is 11.6 Å². The number of nitrogens with zero attached hydrogens (tertiary/aromatic N) is 1. The molecule has 5 nitrogen and oxygen atoms in total. The van der Waals surface area contributed by atoms with Gasteiger partial charge in [0.1, 0.15) is 12.4 Å². The van der Waals surface area contributed by atoms with Gasteiger partial charge in [0.2, 0.25) is 0 Å². The summed E-state index contributed by atoms with van der Waals surface area (Å²) in [6, 6.07) is 6.77. The normalized spacial score (nSPS) is 12.4. The van der Waals surface area contributed by atoms with E-state index in [0.29, 0.717) is 17.7 Å². The molecule has 0 aliphatic carbocycles. The summed E-state index contributed by atoms with van der Waals surface area (Å²) in [6.45, 7) is -0.0950. The number of alkyl halides is 3. The average Bonchev–Trinajstić information content (AvgIpc) is 2.57. The highest BCUT2D eigenvalue weighted by Crippen LogP contribution is 2.38. The van der Waals surface area contributed by atoms with Crippen molar-refractivity contribution in [1.82, 2.24) is 0 Å². The number of ether oxygens (including phenoxy) is 1. The largest absolute Gasteiger partial charge is 0.453 e. The zero-order valence-electron chi connectivity index (χ0n) is 14.3. The minimum Gasteiger partial charge on any atom is -0.453 e. The van der Waals surface area contributed by atoms with E-state index >= 15 is 0 Å². The van der Waals surface area contributed by atoms with Gasteiger partial charge in [-0.05, 0) is 42.0 Å². The molecule has 0 bridgehead atoms. The number of sulfone groups is 1. The van der Waals surface area contributed by atoms with E-state index in [1.165, 1.54) is 30.5 Å². The van der Waals surface area contributed by atoms with Crippen molar-refractivity contribution >= 4 is 27.7 Å². The topological polar surface area (TPSA) is 65.0 Å². The van der Waals surface area contributed by atoms with Crippen molar-refractivity contribution in [3.05, 3.63) is 58.4 Å². The molecule has 0 saturated heterocycles. The zero-order chi connectivity index (χ0) is 20.9. The first-order valence-electron chi connectivity index (χ1n) is 7.63. The molecule has 0 radical (unpaired) electrons. The molecule has 0 aromatic heterocycles. The van der Waals surface area contributed by atoms with Crippen molar-refractivity contribution in [3.63, 3.8) is 0 Å². The molecule has 2 aromatic carbocycles. The van der Waals surface area contributed by atoms with E-state index in [0.717, 1.165) is 6.26 Å². The Bertz CT molecular complexity index is 937. The van der Waals surface area contributed by atoms with Gasteiger partial charge < -0.3 is 9.57 Å². The predicted molar refractivity (Wildman–Crippen MR) is 96.2 cm³/mol. The number of hydrogen-bond donors (Lipinski definition) is 0. The van der Waals surface area contributed by atoms with Crippen LogP contribution in [0.5, 0.6) is 11.5 Å². The van der Waals surface area contributed by atoms with Crippen LogP contribution in [-0.4, -0.2) is 33.2 Å². The van der Waals surface area contributed by atoms with Gasteiger partial charge in [-0.25, -0.2) is 12.8 Å². The van der Waals surface area contributed by atoms with Gasteiger partial charge in [0.05, 0.1) is 22.6 Å². The summed E-state index contributed by atoms with van der Waals surface area (Å²) < 4.78 is 78.9. The average molecular weight is 440 g/mol. The Morgan fingerprint density at radius 1 is 1.18 bits per heavy atom. The molecule has 0 spiro atoms. The summed E-state index contributed by atoms with van der Waals surface area (Å²) in [5, 5.41) is 3.08. The first kappa shape index (κ1) is 22.0. The van der Waals surface area contributed by atoms with Gasteiger partial charge in [0.15, 0.2) is 21.4 Å². The van der Waals surface area contributed by atoms with Crippen LogP contribution in [0.1, 0.15) is 11.1 Å². The lowest BCUT2D eigenvalue weighted by Gasteiger charge is -2.12. The minimum atomic E-state index is -4.73. The molecule has 11 heteroatoms. The first-order chi connectivity index (χ1) is 13.0. The first-order valence-corrected chi connectivity index (χ1v) is 10.1. The smallest absolute Gasteiger partial charge is 0.416 e. The van der Waals surface area contributed by atoms with Crippen LogP contribution in [-0.2, 0) is 20.9 Å². The van der Waals surface area contributed by atoms with Gasteiger partial charge in [-0.2, -0.15) is 13.2 Å². The number of halogens is 5. The van der Waals surface area contributed by atoms with Crippen LogP contribution < -0.4 is 4.74 Å². The van der Waals surface area contributed by atoms with E-state index in [4.69, 9.17) is 21.2 Å². The maximum atomic E-state index is 13.9. The fourth-order valence-corrected chi connectivity index (χ4v) is 2.52. The Balaban J connectivity index is 2.03. The molecule has 0 atom stereocenters. The van der Waals surface area contributed by atoms with E-state index in [1.807, 2.05) is 0 Å². The Hall–Kier alpha value is -2.33. The summed E-state index contributed by atoms with van der Waals surface area (Å²) in [5.41, 5.74) is -0.657. The molecule has 2 aromatic rings. The monoisotopic (exact) mass is 439 g/mol. The molecule has 0 fully saturated rings. The van der Waals surface area contributed by atoms with Gasteiger partial charge >= 0.3 is 6.18 Å². The summed E-state index contributed by atoms with van der Waals surface area (Å²) in [5.74, 6) is -1.81. The van der Waals surface area contributed by atoms with E-state index in [9.17, 15) is 26.0 Å². The van der Waals surface area contributed by atoms with Gasteiger partial charge in [0.25, 0.3) is 0 Å². The van der Waals surface area contributed by atoms with Gasteiger partial charge in [-0.1, -0.05) is 16.8 Å². The van der Waals surface area contributed by atoms with Crippen molar-refractivity contribution in [2.75, 3.05) is 18.6 Å². The van der Waals surface area contributed by atoms with Gasteiger partial charge in [-0.15, -0.1) is 0 Å². The zero-order valence-corrected chi connectivity index (χ0v) is 15.9. The van der Waals surface area contributed by atoms with Crippen molar-refractivity contribution < 1.29 is 35.6 Å². The molecule has 0 aliphatic heterocycles. The fraction of sp³-hybridized carbons (Fsp3) is 0.235. The van der Waals surface area contributed by atoms with Crippen LogP contribution in [0.25, 0.3) is 0 Å². The van der Waals surface area contributed by atoms with E-state index in [1.54, 1.807) is 0 Å². The number of rotatable bonds is 7. The molecule has 0 amide bonds. The van der Waals surface area contributed by atoms with Crippen molar-refractivity contribution in [2.24, 2.45) is 5.16 Å². The summed E-state index contributed by atoms with van der Waals surface area (Å²) in [6.07, 6.45) is -2.34. The van der Waals surface area contributed by atoms with E-state index in [2.05, 4.69) is 5.16 Å². The highest BCUT2D eigenvalue weighted by molar-refractivity contribution is 7.90. The molecular formula is C17H14ClF4NO4S. The third-order valence-electron chi connectivity index (χ3n) is 3.25. The maximum Gasteiger partial charge on any atom is 0.416 e. The molecule has 0 aliphatic rings. The Labute approximate surface area is 163 Å². The van der Waals surface area contributed by atoms with Crippen LogP contribution in [0.3, 0.4) is 0 Å². The Morgan fingerprint density at radius 3 is 2.36 bits per heavy atom. The molecule has 0 N–H and O–H groups in total. The van der Waals surface area contributed by atoms with Crippen LogP contribution in [0.4, 0.5) is 17.6 Å². The summed E-state index contributed by atoms with van der Waals surface area (Å²) >= 11 is 5.71. The highest BCUT2D eigenvalue weighted by atomic mass is 35.5. The Kier molecular flexibility index (Phi) is 6.89. The number of benzene rings is 2. The quantitative estimate of drug-likeness (QED) is 0.272. The summed E-state index contributed by atoms with van der Waals surface area (Å²) in [7, 11) is -3.14. The lowest BCUT2D eigenvalue weighted by molar-refractivity contribution is -0.137. The third-order valence-corrected chi connectivity index (χ3v) is 4.44. The molecule has 28 heavy (non-hydrogen) atoms. The number of hydrogen-bond acceptors (Lipinski definition) is 5. The highest BCUT2D eigenvalue weighted by Gasteiger charge is 2.32.